The molecule has 0 bridgehead atoms. The van der Waals surface area contributed by atoms with Gasteiger partial charge in [0.15, 0.2) is 0 Å². The number of nitrogens with one attached hydrogen (secondary N) is 2. The van der Waals surface area contributed by atoms with Gasteiger partial charge in [-0.25, -0.2) is 14.4 Å². The van der Waals surface area contributed by atoms with Crippen molar-refractivity contribution in [3.63, 3.8) is 0 Å². The van der Waals surface area contributed by atoms with Gasteiger partial charge in [0.2, 0.25) is 5.95 Å². The topological polar surface area (TPSA) is 114 Å². The number of carbonyl (C=O) groups excluding carboxylic acids is 1. The number of nitrogens with zero attached hydrogens (tertiary/aromatic N) is 4. The van der Waals surface area contributed by atoms with Crippen LogP contribution in [0.4, 0.5) is 10.3 Å². The highest BCUT2D eigenvalue weighted by molar-refractivity contribution is 6.30. The number of anilines is 1. The lowest BCUT2D eigenvalue weighted by atomic mass is 10.0. The van der Waals surface area contributed by atoms with Crippen molar-refractivity contribution in [1.29, 1.82) is 0 Å². The van der Waals surface area contributed by atoms with Crippen LogP contribution in [0.3, 0.4) is 0 Å². The lowest BCUT2D eigenvalue weighted by molar-refractivity contribution is -0.0213. The molecular formula is C26H26ClFN6O3. The maximum atomic E-state index is 14.2. The number of aryl methyl sites for hydroxylation is 1. The van der Waals surface area contributed by atoms with Crippen LogP contribution in [0.25, 0.3) is 10.9 Å². The summed E-state index contributed by atoms with van der Waals surface area (Å²) in [7, 11) is 1.77. The van der Waals surface area contributed by atoms with Gasteiger partial charge in [-0.1, -0.05) is 23.7 Å². The molecule has 1 aliphatic rings. The van der Waals surface area contributed by atoms with Gasteiger partial charge in [-0.05, 0) is 42.7 Å². The van der Waals surface area contributed by atoms with E-state index in [1.165, 1.54) is 12.1 Å². The molecule has 2 aromatic heterocycles. The number of fused-ring (bicyclic) bond motifs is 1. The summed E-state index contributed by atoms with van der Waals surface area (Å²) in [5, 5.41) is 20.7. The lowest BCUT2D eigenvalue weighted by Gasteiger charge is -2.29. The Kier molecular flexibility index (Phi) is 7.31. The zero-order valence-electron chi connectivity index (χ0n) is 20.1. The summed E-state index contributed by atoms with van der Waals surface area (Å²) in [6, 6.07) is 9.06. The first-order valence-corrected chi connectivity index (χ1v) is 12.3. The molecule has 0 radical (unpaired) electrons. The van der Waals surface area contributed by atoms with Gasteiger partial charge in [-0.3, -0.25) is 9.48 Å². The van der Waals surface area contributed by atoms with Crippen LogP contribution in [-0.4, -0.2) is 56.1 Å². The second kappa shape index (κ2) is 10.8. The summed E-state index contributed by atoms with van der Waals surface area (Å²) in [5.41, 5.74) is 2.23. The van der Waals surface area contributed by atoms with E-state index < -0.39 is 11.9 Å². The van der Waals surface area contributed by atoms with Gasteiger partial charge < -0.3 is 20.5 Å². The number of aromatic nitrogens is 4. The summed E-state index contributed by atoms with van der Waals surface area (Å²) >= 11 is 5.87. The molecule has 1 unspecified atom stereocenters. The van der Waals surface area contributed by atoms with Gasteiger partial charge >= 0.3 is 0 Å². The zero-order valence-corrected chi connectivity index (χ0v) is 20.8. The number of hydrogen-bond donors (Lipinski definition) is 3. The molecule has 1 aliphatic heterocycles. The van der Waals surface area contributed by atoms with Crippen molar-refractivity contribution in [2.24, 2.45) is 7.05 Å². The summed E-state index contributed by atoms with van der Waals surface area (Å²) in [6.45, 7) is 0.522. The molecule has 2 aromatic carbocycles. The number of aliphatic hydroxyl groups is 1. The molecule has 0 aliphatic carbocycles. The molecule has 37 heavy (non-hydrogen) atoms. The quantitative estimate of drug-likeness (QED) is 0.338. The van der Waals surface area contributed by atoms with Crippen LogP contribution in [0.5, 0.6) is 0 Å². The number of rotatable bonds is 7. The Hall–Kier alpha value is -3.60. The van der Waals surface area contributed by atoms with Crippen molar-refractivity contribution in [3.05, 3.63) is 82.5 Å². The molecular weight excluding hydrogens is 499 g/mol. The van der Waals surface area contributed by atoms with E-state index in [9.17, 15) is 14.3 Å². The molecule has 1 saturated heterocycles. The van der Waals surface area contributed by atoms with E-state index in [0.29, 0.717) is 41.2 Å². The molecule has 1 amide bonds. The van der Waals surface area contributed by atoms with Crippen LogP contribution in [0.15, 0.2) is 55.0 Å². The number of aliphatic hydroxyl groups excluding tert-OH is 1. The van der Waals surface area contributed by atoms with Gasteiger partial charge in [0, 0.05) is 48.6 Å². The van der Waals surface area contributed by atoms with Crippen molar-refractivity contribution >= 4 is 34.4 Å². The molecule has 1 fully saturated rings. The Morgan fingerprint density at radius 2 is 2.14 bits per heavy atom. The second-order valence-electron chi connectivity index (χ2n) is 9.04. The van der Waals surface area contributed by atoms with Crippen LogP contribution in [-0.2, 0) is 11.8 Å². The van der Waals surface area contributed by atoms with Crippen molar-refractivity contribution in [2.75, 3.05) is 18.5 Å². The van der Waals surface area contributed by atoms with Crippen LogP contribution in [0, 0.1) is 5.82 Å². The third kappa shape index (κ3) is 5.71. The van der Waals surface area contributed by atoms with Gasteiger partial charge in [0.05, 0.1) is 35.5 Å². The first-order chi connectivity index (χ1) is 17.9. The minimum atomic E-state index is -0.640. The number of ether oxygens (including phenoxy) is 1. The predicted octanol–water partition coefficient (Wildman–Crippen LogP) is 3.63. The van der Waals surface area contributed by atoms with E-state index in [1.807, 2.05) is 0 Å². The maximum absolute atomic E-state index is 14.2. The molecule has 9 nitrogen and oxygen atoms in total. The molecule has 0 saturated carbocycles. The van der Waals surface area contributed by atoms with Gasteiger partial charge in [-0.2, -0.15) is 5.10 Å². The van der Waals surface area contributed by atoms with Crippen LogP contribution >= 0.6 is 11.6 Å². The lowest BCUT2D eigenvalue weighted by Crippen LogP contribution is -2.36. The molecule has 5 rings (SSSR count). The number of carbonyl (C=O) groups is 1. The summed E-state index contributed by atoms with van der Waals surface area (Å²) in [5.74, 6) is -0.479. The standard InChI is InChI=1S/C26H26ClFN6O3/c1-34-13-18(12-30-34)24(15-4-5-21(27)22(28)8-15)33-25(36)16-2-3-17-11-29-26(32-23(17)9-16)31-19-6-7-37-20(10-19)14-35/h2-5,8-9,11-13,19-20,24,35H,6-7,10,14H2,1H3,(H,33,36)(H,29,31,32)/t19-,20+,24?/m1/s1. The van der Waals surface area contributed by atoms with Gasteiger partial charge in [0.1, 0.15) is 5.82 Å². The van der Waals surface area contributed by atoms with Crippen LogP contribution < -0.4 is 10.6 Å². The Morgan fingerprint density at radius 3 is 2.89 bits per heavy atom. The molecule has 11 heteroatoms. The fourth-order valence-corrected chi connectivity index (χ4v) is 4.53. The van der Waals surface area contributed by atoms with Gasteiger partial charge in [-0.15, -0.1) is 0 Å². The average molecular weight is 525 g/mol. The smallest absolute Gasteiger partial charge is 0.252 e. The van der Waals surface area contributed by atoms with Crippen molar-refractivity contribution < 1.29 is 19.0 Å². The normalized spacial score (nSPS) is 18.5. The van der Waals surface area contributed by atoms with E-state index in [2.05, 4.69) is 25.7 Å². The number of amides is 1. The first-order valence-electron chi connectivity index (χ1n) is 11.9. The summed E-state index contributed by atoms with van der Waals surface area (Å²) < 4.78 is 21.4. The van der Waals surface area contributed by atoms with E-state index >= 15 is 0 Å². The number of hydrogen-bond acceptors (Lipinski definition) is 7. The Bertz CT molecular complexity index is 1430. The maximum Gasteiger partial charge on any atom is 0.252 e. The fourth-order valence-electron chi connectivity index (χ4n) is 4.41. The van der Waals surface area contributed by atoms with Crippen molar-refractivity contribution in [1.82, 2.24) is 25.1 Å². The highest BCUT2D eigenvalue weighted by Gasteiger charge is 2.23. The van der Waals surface area contributed by atoms with E-state index in [4.69, 9.17) is 16.3 Å². The minimum Gasteiger partial charge on any atom is -0.394 e. The highest BCUT2D eigenvalue weighted by Crippen LogP contribution is 2.26. The van der Waals surface area contributed by atoms with E-state index in [1.54, 1.807) is 54.6 Å². The Balaban J connectivity index is 1.38. The predicted molar refractivity (Wildman–Crippen MR) is 137 cm³/mol. The van der Waals surface area contributed by atoms with Crippen molar-refractivity contribution in [3.8, 4) is 0 Å². The highest BCUT2D eigenvalue weighted by atomic mass is 35.5. The summed E-state index contributed by atoms with van der Waals surface area (Å²) in [4.78, 5) is 22.3. The SMILES string of the molecule is Cn1cc(C(NC(=O)c2ccc3cnc(N[C@@H]4CCO[C@H](CO)C4)nc3c2)c2ccc(Cl)c(F)c2)cn1. The average Bonchev–Trinajstić information content (AvgIpc) is 3.34. The molecule has 3 heterocycles. The number of halogens is 2. The van der Waals surface area contributed by atoms with E-state index in [-0.39, 0.29) is 29.7 Å². The Morgan fingerprint density at radius 1 is 1.27 bits per heavy atom. The number of benzene rings is 2. The van der Waals surface area contributed by atoms with E-state index in [0.717, 1.165) is 11.8 Å². The molecule has 0 spiro atoms. The Labute approximate surface area is 217 Å². The van der Waals surface area contributed by atoms with Crippen LogP contribution in [0.1, 0.15) is 40.4 Å². The minimum absolute atomic E-state index is 0.00581. The molecule has 4 aromatic rings. The third-order valence-electron chi connectivity index (χ3n) is 6.36. The molecule has 3 N–H and O–H groups in total. The zero-order chi connectivity index (χ0) is 25.9. The summed E-state index contributed by atoms with van der Waals surface area (Å²) in [6.07, 6.45) is 6.32. The van der Waals surface area contributed by atoms with Crippen LogP contribution in [0.2, 0.25) is 5.02 Å². The fraction of sp³-hybridized carbons (Fsp3) is 0.308. The third-order valence-corrected chi connectivity index (χ3v) is 6.67. The first kappa shape index (κ1) is 25.1. The second-order valence-corrected chi connectivity index (χ2v) is 9.44. The molecule has 192 valence electrons. The monoisotopic (exact) mass is 524 g/mol. The molecule has 3 atom stereocenters. The largest absolute Gasteiger partial charge is 0.394 e. The van der Waals surface area contributed by atoms with Crippen molar-refractivity contribution in [2.45, 2.75) is 31.0 Å². The van der Waals surface area contributed by atoms with Gasteiger partial charge in [0.25, 0.3) is 5.91 Å².